The minimum atomic E-state index is -0.664. The second-order valence-corrected chi connectivity index (χ2v) is 4.70. The Morgan fingerprint density at radius 2 is 1.76 bits per heavy atom. The second-order valence-electron chi connectivity index (χ2n) is 4.70. The molecule has 0 saturated heterocycles. The van der Waals surface area contributed by atoms with Gasteiger partial charge in [-0.15, -0.1) is 0 Å². The summed E-state index contributed by atoms with van der Waals surface area (Å²) in [4.78, 5) is 4.12. The molecule has 0 amide bonds. The van der Waals surface area contributed by atoms with Crippen molar-refractivity contribution in [2.75, 3.05) is 5.73 Å². The first kappa shape index (κ1) is 13.2. The summed E-state index contributed by atoms with van der Waals surface area (Å²) >= 11 is 0. The van der Waals surface area contributed by atoms with Gasteiger partial charge in [0.1, 0.15) is 11.6 Å². The van der Waals surface area contributed by atoms with Crippen molar-refractivity contribution in [3.05, 3.63) is 53.9 Å². The van der Waals surface area contributed by atoms with Crippen molar-refractivity contribution in [2.24, 2.45) is 0 Å². The number of aromatic nitrogens is 3. The van der Waals surface area contributed by atoms with Crippen LogP contribution in [0.5, 0.6) is 0 Å². The molecule has 2 aromatic heterocycles. The van der Waals surface area contributed by atoms with E-state index in [9.17, 15) is 8.78 Å². The third-order valence-electron chi connectivity index (χ3n) is 3.13. The maximum atomic E-state index is 13.4. The number of rotatable bonds is 2. The highest BCUT2D eigenvalue weighted by atomic mass is 19.1. The number of H-pyrrole nitrogens is 1. The minimum absolute atomic E-state index is 0.185. The number of nitrogens with two attached hydrogens (primary N) is 1. The molecule has 0 aliphatic heterocycles. The van der Waals surface area contributed by atoms with E-state index >= 15 is 0 Å². The van der Waals surface area contributed by atoms with E-state index in [0.29, 0.717) is 16.8 Å². The highest BCUT2D eigenvalue weighted by molar-refractivity contribution is 5.87. The molecule has 3 aromatic rings. The fourth-order valence-corrected chi connectivity index (χ4v) is 2.26. The van der Waals surface area contributed by atoms with Crippen molar-refractivity contribution >= 4 is 5.82 Å². The fraction of sp³-hybridized carbons (Fsp3) is 0.0667. The summed E-state index contributed by atoms with van der Waals surface area (Å²) < 4.78 is 26.9. The minimum Gasteiger partial charge on any atom is -0.382 e. The van der Waals surface area contributed by atoms with E-state index in [1.165, 1.54) is 12.1 Å². The van der Waals surface area contributed by atoms with Crippen LogP contribution in [-0.2, 0) is 0 Å². The summed E-state index contributed by atoms with van der Waals surface area (Å²) in [5.74, 6) is -1.14. The van der Waals surface area contributed by atoms with E-state index in [1.807, 2.05) is 13.0 Å². The Balaban J connectivity index is 2.22. The Morgan fingerprint density at radius 3 is 2.43 bits per heavy atom. The number of benzene rings is 1. The van der Waals surface area contributed by atoms with Crippen LogP contribution in [0.2, 0.25) is 0 Å². The second kappa shape index (κ2) is 4.97. The summed E-state index contributed by atoms with van der Waals surface area (Å²) in [6.07, 6.45) is 1.65. The lowest BCUT2D eigenvalue weighted by molar-refractivity contribution is 0.584. The molecule has 0 bridgehead atoms. The number of aromatic amines is 1. The zero-order valence-electron chi connectivity index (χ0n) is 11.2. The van der Waals surface area contributed by atoms with Crippen LogP contribution in [0.1, 0.15) is 5.69 Å². The van der Waals surface area contributed by atoms with Crippen molar-refractivity contribution in [3.8, 4) is 22.4 Å². The average Bonchev–Trinajstić information content (AvgIpc) is 2.79. The molecule has 0 radical (unpaired) electrons. The van der Waals surface area contributed by atoms with Gasteiger partial charge in [-0.3, -0.25) is 10.1 Å². The number of aryl methyl sites for hydroxylation is 1. The van der Waals surface area contributed by atoms with Crippen LogP contribution < -0.4 is 5.73 Å². The van der Waals surface area contributed by atoms with Crippen LogP contribution >= 0.6 is 0 Å². The maximum absolute atomic E-state index is 13.4. The van der Waals surface area contributed by atoms with Gasteiger partial charge in [-0.25, -0.2) is 8.78 Å². The zero-order chi connectivity index (χ0) is 15.0. The largest absolute Gasteiger partial charge is 0.382 e. The highest BCUT2D eigenvalue weighted by Gasteiger charge is 2.16. The molecule has 0 fully saturated rings. The van der Waals surface area contributed by atoms with Gasteiger partial charge < -0.3 is 5.73 Å². The maximum Gasteiger partial charge on any atom is 0.153 e. The first-order chi connectivity index (χ1) is 10.0. The number of pyridine rings is 1. The molecule has 4 nitrogen and oxygen atoms in total. The number of nitrogens with zero attached hydrogens (tertiary/aromatic N) is 2. The molecule has 0 spiro atoms. The van der Waals surface area contributed by atoms with Crippen molar-refractivity contribution in [3.63, 3.8) is 0 Å². The van der Waals surface area contributed by atoms with Crippen molar-refractivity contribution in [2.45, 2.75) is 6.92 Å². The van der Waals surface area contributed by atoms with Gasteiger partial charge in [0.2, 0.25) is 0 Å². The molecule has 3 N–H and O–H groups in total. The molecule has 0 saturated carbocycles. The predicted octanol–water partition coefficient (Wildman–Crippen LogP) is 3.31. The highest BCUT2D eigenvalue weighted by Crippen LogP contribution is 2.35. The lowest BCUT2D eigenvalue weighted by Crippen LogP contribution is -1.91. The summed E-state index contributed by atoms with van der Waals surface area (Å²) in [7, 11) is 0. The van der Waals surface area contributed by atoms with Crippen LogP contribution in [0.4, 0.5) is 14.6 Å². The SMILES string of the molecule is Cc1cc(-c2[nH]nc(N)c2-c2cc(F)cc(F)c2)ccn1. The summed E-state index contributed by atoms with van der Waals surface area (Å²) in [6, 6.07) is 6.88. The summed E-state index contributed by atoms with van der Waals surface area (Å²) in [5.41, 5.74) is 8.87. The average molecular weight is 286 g/mol. The van der Waals surface area contributed by atoms with Gasteiger partial charge in [-0.05, 0) is 36.8 Å². The predicted molar refractivity (Wildman–Crippen MR) is 76.3 cm³/mol. The first-order valence-electron chi connectivity index (χ1n) is 6.28. The third kappa shape index (κ3) is 2.47. The monoisotopic (exact) mass is 286 g/mol. The van der Waals surface area contributed by atoms with E-state index in [1.54, 1.807) is 12.3 Å². The lowest BCUT2D eigenvalue weighted by atomic mass is 10.0. The third-order valence-corrected chi connectivity index (χ3v) is 3.13. The molecule has 21 heavy (non-hydrogen) atoms. The van der Waals surface area contributed by atoms with E-state index < -0.39 is 11.6 Å². The van der Waals surface area contributed by atoms with Crippen LogP contribution in [-0.4, -0.2) is 15.2 Å². The van der Waals surface area contributed by atoms with Crippen LogP contribution in [0, 0.1) is 18.6 Å². The molecule has 0 unspecified atom stereocenters. The van der Waals surface area contributed by atoms with Gasteiger partial charge in [0, 0.05) is 23.5 Å². The Kier molecular flexibility index (Phi) is 3.13. The first-order valence-corrected chi connectivity index (χ1v) is 6.28. The molecule has 0 aliphatic rings. The van der Waals surface area contributed by atoms with E-state index in [2.05, 4.69) is 15.2 Å². The van der Waals surface area contributed by atoms with Gasteiger partial charge >= 0.3 is 0 Å². The van der Waals surface area contributed by atoms with Crippen LogP contribution in [0.3, 0.4) is 0 Å². The Labute approximate surface area is 119 Å². The van der Waals surface area contributed by atoms with Gasteiger partial charge in [-0.2, -0.15) is 5.10 Å². The van der Waals surface area contributed by atoms with Gasteiger partial charge in [-0.1, -0.05) is 0 Å². The normalized spacial score (nSPS) is 10.8. The standard InChI is InChI=1S/C15H12F2N4/c1-8-4-9(2-3-19-8)14-13(15(18)21-20-14)10-5-11(16)7-12(17)6-10/h2-7H,1H3,(H3,18,20,21). The van der Waals surface area contributed by atoms with E-state index in [4.69, 9.17) is 5.73 Å². The van der Waals surface area contributed by atoms with E-state index in [-0.39, 0.29) is 5.82 Å². The molecule has 6 heteroatoms. The topological polar surface area (TPSA) is 67.6 Å². The Morgan fingerprint density at radius 1 is 1.05 bits per heavy atom. The number of halogens is 2. The lowest BCUT2D eigenvalue weighted by Gasteiger charge is -2.06. The molecule has 3 rings (SSSR count). The van der Waals surface area contributed by atoms with Gasteiger partial charge in [0.15, 0.2) is 5.82 Å². The summed E-state index contributed by atoms with van der Waals surface area (Å²) in [5, 5.41) is 6.75. The zero-order valence-corrected chi connectivity index (χ0v) is 11.2. The molecular formula is C15H12F2N4. The smallest absolute Gasteiger partial charge is 0.153 e. The number of hydrogen-bond donors (Lipinski definition) is 2. The van der Waals surface area contributed by atoms with Crippen LogP contribution in [0.15, 0.2) is 36.5 Å². The van der Waals surface area contributed by atoms with Gasteiger partial charge in [0.25, 0.3) is 0 Å². The van der Waals surface area contributed by atoms with Crippen molar-refractivity contribution in [1.29, 1.82) is 0 Å². The number of nitrogen functional groups attached to an aromatic ring is 1. The molecule has 1 aromatic carbocycles. The number of hydrogen-bond acceptors (Lipinski definition) is 3. The molecule has 2 heterocycles. The summed E-state index contributed by atoms with van der Waals surface area (Å²) in [6.45, 7) is 1.85. The number of nitrogens with one attached hydrogen (secondary N) is 1. The quantitative estimate of drug-likeness (QED) is 0.759. The Hall–Kier alpha value is -2.76. The van der Waals surface area contributed by atoms with E-state index in [0.717, 1.165) is 17.3 Å². The number of anilines is 1. The molecule has 0 aliphatic carbocycles. The van der Waals surface area contributed by atoms with Crippen LogP contribution in [0.25, 0.3) is 22.4 Å². The van der Waals surface area contributed by atoms with Crippen molar-refractivity contribution in [1.82, 2.24) is 15.2 Å². The molecule has 0 atom stereocenters. The molecule has 106 valence electrons. The Bertz CT molecular complexity index is 791. The molecular weight excluding hydrogens is 274 g/mol. The fourth-order valence-electron chi connectivity index (χ4n) is 2.26. The van der Waals surface area contributed by atoms with Crippen molar-refractivity contribution < 1.29 is 8.78 Å². The van der Waals surface area contributed by atoms with Gasteiger partial charge in [0.05, 0.1) is 11.3 Å².